The third-order valence-corrected chi connectivity index (χ3v) is 3.02. The Morgan fingerprint density at radius 2 is 2.20 bits per heavy atom. The predicted octanol–water partition coefficient (Wildman–Crippen LogP) is 3.34. The number of hydrogen-bond donors (Lipinski definition) is 2. The molecule has 3 nitrogen and oxygen atoms in total. The molecule has 1 aromatic heterocycles. The van der Waals surface area contributed by atoms with E-state index in [4.69, 9.17) is 5.41 Å². The van der Waals surface area contributed by atoms with Crippen molar-refractivity contribution in [1.29, 1.82) is 5.41 Å². The van der Waals surface area contributed by atoms with Crippen molar-refractivity contribution < 1.29 is 0 Å². The van der Waals surface area contributed by atoms with Gasteiger partial charge in [0.1, 0.15) is 0 Å². The molecule has 0 amide bonds. The Bertz CT molecular complexity index is 327. The van der Waals surface area contributed by atoms with E-state index in [2.05, 4.69) is 30.7 Å². The summed E-state index contributed by atoms with van der Waals surface area (Å²) in [5.41, 5.74) is 1.58. The smallest absolute Gasteiger partial charge is 0.151 e. The van der Waals surface area contributed by atoms with Gasteiger partial charge in [-0.05, 0) is 12.8 Å². The highest BCUT2D eigenvalue weighted by Gasteiger charge is 2.16. The van der Waals surface area contributed by atoms with Crippen LogP contribution in [0.2, 0.25) is 0 Å². The second-order valence-electron chi connectivity index (χ2n) is 4.35. The molecule has 1 aromatic rings. The van der Waals surface area contributed by atoms with Gasteiger partial charge in [-0.1, -0.05) is 33.6 Å². The van der Waals surface area contributed by atoms with Gasteiger partial charge in [-0.15, -0.1) is 0 Å². The van der Waals surface area contributed by atoms with E-state index in [0.29, 0.717) is 23.4 Å². The van der Waals surface area contributed by atoms with Crippen LogP contribution in [0.3, 0.4) is 0 Å². The van der Waals surface area contributed by atoms with Crippen molar-refractivity contribution in [3.8, 4) is 0 Å². The fourth-order valence-corrected chi connectivity index (χ4v) is 1.76. The maximum absolute atomic E-state index is 7.48. The first-order valence-corrected chi connectivity index (χ1v) is 5.67. The van der Waals surface area contributed by atoms with Crippen LogP contribution in [0.1, 0.15) is 58.0 Å². The number of H-pyrrole nitrogens is 1. The molecule has 0 aliphatic heterocycles. The summed E-state index contributed by atoms with van der Waals surface area (Å²) in [5.74, 6) is 1.81. The number of nitrogens with one attached hydrogen (secondary N) is 2. The Kier molecular flexibility index (Phi) is 4.06. The average Bonchev–Trinajstić information content (AvgIpc) is 2.65. The first-order chi connectivity index (χ1) is 7.06. The molecule has 0 spiro atoms. The SMILES string of the molecule is CCCC(C)C(C)c1c[nH]c(C(C)=N)n1. The molecular formula is C12H21N3. The average molecular weight is 207 g/mol. The van der Waals surface area contributed by atoms with E-state index in [1.807, 2.05) is 6.20 Å². The zero-order chi connectivity index (χ0) is 11.4. The summed E-state index contributed by atoms with van der Waals surface area (Å²) in [5, 5.41) is 7.48. The Labute approximate surface area is 91.8 Å². The van der Waals surface area contributed by atoms with Gasteiger partial charge in [-0.2, -0.15) is 0 Å². The van der Waals surface area contributed by atoms with Gasteiger partial charge in [-0.3, -0.25) is 0 Å². The Morgan fingerprint density at radius 1 is 1.53 bits per heavy atom. The maximum atomic E-state index is 7.48. The highest BCUT2D eigenvalue weighted by Crippen LogP contribution is 2.25. The molecule has 0 fully saturated rings. The molecule has 0 bridgehead atoms. The van der Waals surface area contributed by atoms with Gasteiger partial charge in [0.25, 0.3) is 0 Å². The Morgan fingerprint density at radius 3 is 2.67 bits per heavy atom. The van der Waals surface area contributed by atoms with Crippen molar-refractivity contribution in [2.75, 3.05) is 0 Å². The summed E-state index contributed by atoms with van der Waals surface area (Å²) in [6.07, 6.45) is 4.38. The lowest BCUT2D eigenvalue weighted by Crippen LogP contribution is -2.06. The van der Waals surface area contributed by atoms with Crippen molar-refractivity contribution in [3.05, 3.63) is 17.7 Å². The van der Waals surface area contributed by atoms with Gasteiger partial charge in [-0.25, -0.2) is 4.98 Å². The molecule has 84 valence electrons. The Hall–Kier alpha value is -1.12. The van der Waals surface area contributed by atoms with E-state index in [1.165, 1.54) is 12.8 Å². The van der Waals surface area contributed by atoms with Crippen LogP contribution in [0.5, 0.6) is 0 Å². The summed E-state index contributed by atoms with van der Waals surface area (Å²) in [6, 6.07) is 0. The molecule has 0 radical (unpaired) electrons. The summed E-state index contributed by atoms with van der Waals surface area (Å²) in [4.78, 5) is 7.48. The fraction of sp³-hybridized carbons (Fsp3) is 0.667. The van der Waals surface area contributed by atoms with E-state index in [0.717, 1.165) is 5.69 Å². The van der Waals surface area contributed by atoms with Crippen molar-refractivity contribution in [2.45, 2.75) is 46.5 Å². The first kappa shape index (κ1) is 12.0. The molecule has 1 rings (SSSR count). The van der Waals surface area contributed by atoms with E-state index in [9.17, 15) is 0 Å². The van der Waals surface area contributed by atoms with E-state index < -0.39 is 0 Å². The number of aromatic nitrogens is 2. The topological polar surface area (TPSA) is 52.5 Å². The minimum absolute atomic E-state index is 0.467. The molecule has 2 N–H and O–H groups in total. The van der Waals surface area contributed by atoms with Crippen LogP contribution in [0.15, 0.2) is 6.20 Å². The van der Waals surface area contributed by atoms with Crippen molar-refractivity contribution >= 4 is 5.71 Å². The lowest BCUT2D eigenvalue weighted by atomic mass is 9.90. The van der Waals surface area contributed by atoms with E-state index >= 15 is 0 Å². The van der Waals surface area contributed by atoms with Crippen LogP contribution in [-0.4, -0.2) is 15.7 Å². The fourth-order valence-electron chi connectivity index (χ4n) is 1.76. The van der Waals surface area contributed by atoms with Crippen LogP contribution < -0.4 is 0 Å². The highest BCUT2D eigenvalue weighted by atomic mass is 14.9. The zero-order valence-electron chi connectivity index (χ0n) is 10.1. The summed E-state index contributed by atoms with van der Waals surface area (Å²) in [7, 11) is 0. The third-order valence-electron chi connectivity index (χ3n) is 3.02. The third kappa shape index (κ3) is 2.91. The minimum Gasteiger partial charge on any atom is -0.343 e. The van der Waals surface area contributed by atoms with Gasteiger partial charge >= 0.3 is 0 Å². The second kappa shape index (κ2) is 5.10. The first-order valence-electron chi connectivity index (χ1n) is 5.67. The van der Waals surface area contributed by atoms with Crippen molar-refractivity contribution in [3.63, 3.8) is 0 Å². The van der Waals surface area contributed by atoms with Gasteiger partial charge in [0.2, 0.25) is 0 Å². The number of hydrogen-bond acceptors (Lipinski definition) is 2. The molecule has 0 aliphatic rings. The molecule has 3 heteroatoms. The largest absolute Gasteiger partial charge is 0.343 e. The molecule has 0 saturated carbocycles. The van der Waals surface area contributed by atoms with Crippen LogP contribution in [0, 0.1) is 11.3 Å². The maximum Gasteiger partial charge on any atom is 0.151 e. The second-order valence-corrected chi connectivity index (χ2v) is 4.35. The zero-order valence-corrected chi connectivity index (χ0v) is 10.1. The van der Waals surface area contributed by atoms with Crippen molar-refractivity contribution in [1.82, 2.24) is 9.97 Å². The molecule has 1 heterocycles. The van der Waals surface area contributed by atoms with Crippen LogP contribution in [0.4, 0.5) is 0 Å². The molecule has 2 unspecified atom stereocenters. The van der Waals surface area contributed by atoms with Crippen LogP contribution in [0.25, 0.3) is 0 Å². The number of aromatic amines is 1. The lowest BCUT2D eigenvalue weighted by molar-refractivity contribution is 0.442. The van der Waals surface area contributed by atoms with Crippen LogP contribution >= 0.6 is 0 Å². The van der Waals surface area contributed by atoms with Gasteiger partial charge < -0.3 is 10.4 Å². The monoisotopic (exact) mass is 207 g/mol. The highest BCUT2D eigenvalue weighted by molar-refractivity contribution is 5.92. The lowest BCUT2D eigenvalue weighted by Gasteiger charge is -2.16. The van der Waals surface area contributed by atoms with Gasteiger partial charge in [0.15, 0.2) is 5.82 Å². The standard InChI is InChI=1S/C12H21N3/c1-5-6-8(2)9(3)11-7-14-12(15-11)10(4)13/h7-9,13H,5-6H2,1-4H3,(H,14,15). The van der Waals surface area contributed by atoms with E-state index in [1.54, 1.807) is 6.92 Å². The van der Waals surface area contributed by atoms with Crippen molar-refractivity contribution in [2.24, 2.45) is 5.92 Å². The number of nitrogens with zero attached hydrogens (tertiary/aromatic N) is 1. The normalized spacial score (nSPS) is 14.9. The molecule has 2 atom stereocenters. The van der Waals surface area contributed by atoms with Gasteiger partial charge in [0, 0.05) is 12.1 Å². The molecular weight excluding hydrogens is 186 g/mol. The van der Waals surface area contributed by atoms with Gasteiger partial charge in [0.05, 0.1) is 11.4 Å². The number of rotatable bonds is 5. The summed E-state index contributed by atoms with van der Waals surface area (Å²) < 4.78 is 0. The summed E-state index contributed by atoms with van der Waals surface area (Å²) in [6.45, 7) is 8.43. The molecule has 15 heavy (non-hydrogen) atoms. The molecule has 0 aromatic carbocycles. The predicted molar refractivity (Wildman–Crippen MR) is 63.6 cm³/mol. The minimum atomic E-state index is 0.467. The molecule has 0 saturated heterocycles. The number of imidazole rings is 1. The molecule has 0 aliphatic carbocycles. The van der Waals surface area contributed by atoms with Crippen LogP contribution in [-0.2, 0) is 0 Å². The van der Waals surface area contributed by atoms with E-state index in [-0.39, 0.29) is 0 Å². The quantitative estimate of drug-likeness (QED) is 0.715. The Balaban J connectivity index is 2.73. The summed E-state index contributed by atoms with van der Waals surface area (Å²) >= 11 is 0.